The lowest BCUT2D eigenvalue weighted by Gasteiger charge is -2.39. The van der Waals surface area contributed by atoms with Crippen LogP contribution in [-0.2, 0) is 24.9 Å². The number of furan rings is 1. The van der Waals surface area contributed by atoms with Crippen molar-refractivity contribution in [2.75, 3.05) is 26.7 Å². The van der Waals surface area contributed by atoms with E-state index in [9.17, 15) is 0 Å². The Morgan fingerprint density at radius 2 is 2.08 bits per heavy atom. The first-order valence-corrected chi connectivity index (χ1v) is 9.33. The number of nitrogens with zero attached hydrogens (tertiary/aromatic N) is 3. The standard InChI is InChI=1S/C20H29N3O2/c1-21-9-3-5-17(21)14-23-10-7-20(8-11-23)13-18(16-25-20)22(2)15-19-6-4-12-24-19/h3-6,9,12,18H,7-8,10-11,13-16H2,1-2H3/t18-/m1/s1. The molecule has 2 aliphatic heterocycles. The summed E-state index contributed by atoms with van der Waals surface area (Å²) in [6.07, 6.45) is 7.30. The summed E-state index contributed by atoms with van der Waals surface area (Å²) in [6, 6.07) is 8.84. The van der Waals surface area contributed by atoms with Gasteiger partial charge in [0, 0.05) is 44.6 Å². The van der Waals surface area contributed by atoms with Gasteiger partial charge in [-0.05, 0) is 50.6 Å². The van der Waals surface area contributed by atoms with Gasteiger partial charge >= 0.3 is 0 Å². The van der Waals surface area contributed by atoms with Crippen molar-refractivity contribution in [1.82, 2.24) is 14.4 Å². The van der Waals surface area contributed by atoms with Gasteiger partial charge in [-0.3, -0.25) is 9.80 Å². The second-order valence-corrected chi connectivity index (χ2v) is 7.73. The molecular formula is C20H29N3O2. The molecule has 5 heteroatoms. The van der Waals surface area contributed by atoms with E-state index in [1.165, 1.54) is 5.69 Å². The van der Waals surface area contributed by atoms with E-state index in [-0.39, 0.29) is 5.60 Å². The maximum absolute atomic E-state index is 6.34. The predicted octanol–water partition coefficient (Wildman–Crippen LogP) is 2.87. The second kappa shape index (κ2) is 6.98. The SMILES string of the molecule is CN(Cc1ccco1)[C@H]1COC2(CCN(Cc3cccn3C)CC2)C1. The maximum Gasteiger partial charge on any atom is 0.117 e. The van der Waals surface area contributed by atoms with Crippen molar-refractivity contribution in [3.05, 3.63) is 48.2 Å². The Balaban J connectivity index is 1.29. The van der Waals surface area contributed by atoms with E-state index in [4.69, 9.17) is 9.15 Å². The zero-order valence-corrected chi connectivity index (χ0v) is 15.4. The molecule has 1 atom stereocenters. The number of piperidine rings is 1. The van der Waals surface area contributed by atoms with Crippen molar-refractivity contribution in [2.24, 2.45) is 7.05 Å². The smallest absolute Gasteiger partial charge is 0.117 e. The molecule has 2 saturated heterocycles. The van der Waals surface area contributed by atoms with E-state index in [1.54, 1.807) is 6.26 Å². The van der Waals surface area contributed by atoms with Crippen LogP contribution in [0.2, 0.25) is 0 Å². The van der Waals surface area contributed by atoms with Crippen LogP contribution in [0.25, 0.3) is 0 Å². The number of ether oxygens (including phenoxy) is 1. The van der Waals surface area contributed by atoms with Crippen LogP contribution in [0.4, 0.5) is 0 Å². The van der Waals surface area contributed by atoms with E-state index < -0.39 is 0 Å². The van der Waals surface area contributed by atoms with Crippen LogP contribution >= 0.6 is 0 Å². The minimum atomic E-state index is 0.0901. The number of rotatable bonds is 5. The molecule has 2 aromatic rings. The lowest BCUT2D eigenvalue weighted by atomic mass is 9.87. The lowest BCUT2D eigenvalue weighted by Crippen LogP contribution is -2.44. The molecule has 136 valence electrons. The molecule has 0 N–H and O–H groups in total. The summed E-state index contributed by atoms with van der Waals surface area (Å²) in [5, 5.41) is 0. The van der Waals surface area contributed by atoms with Gasteiger partial charge in [0.15, 0.2) is 0 Å². The van der Waals surface area contributed by atoms with E-state index in [1.807, 2.05) is 12.1 Å². The van der Waals surface area contributed by atoms with Crippen LogP contribution in [0.3, 0.4) is 0 Å². The van der Waals surface area contributed by atoms with Crippen LogP contribution in [0.5, 0.6) is 0 Å². The lowest BCUT2D eigenvalue weighted by molar-refractivity contribution is -0.0455. The average Bonchev–Trinajstić information content (AvgIpc) is 3.33. The molecule has 2 fully saturated rings. The Labute approximate surface area is 150 Å². The molecule has 0 bridgehead atoms. The molecule has 1 spiro atoms. The van der Waals surface area contributed by atoms with E-state index in [0.717, 1.165) is 57.8 Å². The molecule has 4 heterocycles. The van der Waals surface area contributed by atoms with Crippen LogP contribution in [0.1, 0.15) is 30.7 Å². The number of hydrogen-bond acceptors (Lipinski definition) is 4. The second-order valence-electron chi connectivity index (χ2n) is 7.73. The Hall–Kier alpha value is -1.56. The minimum Gasteiger partial charge on any atom is -0.468 e. The first-order valence-electron chi connectivity index (χ1n) is 9.33. The molecule has 25 heavy (non-hydrogen) atoms. The highest BCUT2D eigenvalue weighted by molar-refractivity contribution is 5.07. The topological polar surface area (TPSA) is 33.8 Å². The summed E-state index contributed by atoms with van der Waals surface area (Å²) in [5.74, 6) is 1.03. The zero-order valence-electron chi connectivity index (χ0n) is 15.4. The molecule has 0 aliphatic carbocycles. The van der Waals surface area contributed by atoms with Crippen molar-refractivity contribution in [3.8, 4) is 0 Å². The number of aromatic nitrogens is 1. The number of aryl methyl sites for hydroxylation is 1. The first-order chi connectivity index (χ1) is 12.1. The van der Waals surface area contributed by atoms with Gasteiger partial charge in [0.2, 0.25) is 0 Å². The normalized spacial score (nSPS) is 23.7. The minimum absolute atomic E-state index is 0.0901. The summed E-state index contributed by atoms with van der Waals surface area (Å²) in [6.45, 7) is 4.99. The van der Waals surface area contributed by atoms with Gasteiger partial charge in [-0.2, -0.15) is 0 Å². The molecule has 0 aromatic carbocycles. The first kappa shape index (κ1) is 16.9. The quantitative estimate of drug-likeness (QED) is 0.836. The van der Waals surface area contributed by atoms with Gasteiger partial charge in [0.05, 0.1) is 25.0 Å². The summed E-state index contributed by atoms with van der Waals surface area (Å²) in [4.78, 5) is 4.94. The maximum atomic E-state index is 6.34. The summed E-state index contributed by atoms with van der Waals surface area (Å²) in [5.41, 5.74) is 1.48. The van der Waals surface area contributed by atoms with Gasteiger partial charge in [-0.15, -0.1) is 0 Å². The average molecular weight is 343 g/mol. The van der Waals surface area contributed by atoms with Crippen molar-refractivity contribution in [1.29, 1.82) is 0 Å². The highest BCUT2D eigenvalue weighted by atomic mass is 16.5. The van der Waals surface area contributed by atoms with Crippen LogP contribution in [0.15, 0.2) is 41.1 Å². The molecule has 0 amide bonds. The zero-order chi connectivity index (χ0) is 17.3. The fraction of sp³-hybridized carbons (Fsp3) is 0.600. The fourth-order valence-electron chi connectivity index (χ4n) is 4.24. The number of likely N-dealkylation sites (N-methyl/N-ethyl adjacent to an activating group) is 1. The summed E-state index contributed by atoms with van der Waals surface area (Å²) in [7, 11) is 4.31. The summed E-state index contributed by atoms with van der Waals surface area (Å²) < 4.78 is 14.0. The van der Waals surface area contributed by atoms with Crippen molar-refractivity contribution < 1.29 is 9.15 Å². The molecule has 4 rings (SSSR count). The van der Waals surface area contributed by atoms with Crippen LogP contribution in [0, 0.1) is 0 Å². The monoisotopic (exact) mass is 343 g/mol. The Kier molecular flexibility index (Phi) is 4.71. The van der Waals surface area contributed by atoms with Crippen molar-refractivity contribution >= 4 is 0 Å². The Morgan fingerprint density at radius 1 is 1.24 bits per heavy atom. The van der Waals surface area contributed by atoms with Gasteiger partial charge < -0.3 is 13.7 Å². The molecule has 0 saturated carbocycles. The van der Waals surface area contributed by atoms with Gasteiger partial charge in [-0.1, -0.05) is 0 Å². The van der Waals surface area contributed by atoms with E-state index in [0.29, 0.717) is 6.04 Å². The Bertz CT molecular complexity index is 671. The van der Waals surface area contributed by atoms with Gasteiger partial charge in [0.25, 0.3) is 0 Å². The van der Waals surface area contributed by atoms with E-state index >= 15 is 0 Å². The van der Waals surface area contributed by atoms with Gasteiger partial charge in [0.1, 0.15) is 5.76 Å². The van der Waals surface area contributed by atoms with E-state index in [2.05, 4.69) is 46.8 Å². The number of likely N-dealkylation sites (tertiary alicyclic amines) is 1. The predicted molar refractivity (Wildman–Crippen MR) is 97.2 cm³/mol. The molecule has 2 aromatic heterocycles. The van der Waals surface area contributed by atoms with Crippen molar-refractivity contribution in [3.63, 3.8) is 0 Å². The molecule has 0 radical (unpaired) electrons. The third-order valence-electron chi connectivity index (χ3n) is 6.00. The van der Waals surface area contributed by atoms with Crippen LogP contribution in [-0.4, -0.2) is 52.8 Å². The van der Waals surface area contributed by atoms with Crippen molar-refractivity contribution in [2.45, 2.75) is 44.0 Å². The molecule has 0 unspecified atom stereocenters. The number of hydrogen-bond donors (Lipinski definition) is 0. The Morgan fingerprint density at radius 3 is 2.76 bits per heavy atom. The molecule has 2 aliphatic rings. The highest BCUT2D eigenvalue weighted by Crippen LogP contribution is 2.38. The molecule has 5 nitrogen and oxygen atoms in total. The van der Waals surface area contributed by atoms with Crippen LogP contribution < -0.4 is 0 Å². The highest BCUT2D eigenvalue weighted by Gasteiger charge is 2.43. The third-order valence-corrected chi connectivity index (χ3v) is 6.00. The molecular weight excluding hydrogens is 314 g/mol. The fourth-order valence-corrected chi connectivity index (χ4v) is 4.24. The largest absolute Gasteiger partial charge is 0.468 e. The van der Waals surface area contributed by atoms with Gasteiger partial charge in [-0.25, -0.2) is 0 Å². The summed E-state index contributed by atoms with van der Waals surface area (Å²) >= 11 is 0. The third kappa shape index (κ3) is 3.68.